The van der Waals surface area contributed by atoms with Gasteiger partial charge in [-0.25, -0.2) is 0 Å². The van der Waals surface area contributed by atoms with Gasteiger partial charge in [0.1, 0.15) is 5.78 Å². The van der Waals surface area contributed by atoms with Crippen LogP contribution in [0.1, 0.15) is 65.7 Å². The zero-order valence-electron chi connectivity index (χ0n) is 14.3. The van der Waals surface area contributed by atoms with Crippen molar-refractivity contribution in [2.75, 3.05) is 0 Å². The molecule has 2 unspecified atom stereocenters. The van der Waals surface area contributed by atoms with E-state index in [1.807, 2.05) is 0 Å². The number of aliphatic hydroxyl groups excluding tert-OH is 1. The summed E-state index contributed by atoms with van der Waals surface area (Å²) in [5, 5.41) is 10.1. The van der Waals surface area contributed by atoms with Gasteiger partial charge in [0.15, 0.2) is 0 Å². The van der Waals surface area contributed by atoms with Crippen LogP contribution < -0.4 is 0 Å². The summed E-state index contributed by atoms with van der Waals surface area (Å²) in [6, 6.07) is 0. The Labute approximate surface area is 134 Å². The molecule has 0 saturated heterocycles. The van der Waals surface area contributed by atoms with Crippen LogP contribution in [0.25, 0.3) is 0 Å². The largest absolute Gasteiger partial charge is 0.393 e. The van der Waals surface area contributed by atoms with Gasteiger partial charge in [-0.05, 0) is 67.6 Å². The van der Waals surface area contributed by atoms with Crippen molar-refractivity contribution in [2.45, 2.75) is 71.8 Å². The average Bonchev–Trinajstić information content (AvgIpc) is 2.75. The summed E-state index contributed by atoms with van der Waals surface area (Å²) >= 11 is 0. The summed E-state index contributed by atoms with van der Waals surface area (Å²) in [6.07, 6.45) is 9.43. The normalized spacial score (nSPS) is 54.3. The Balaban J connectivity index is 1.74. The number of hydrogen-bond acceptors (Lipinski definition) is 2. The quantitative estimate of drug-likeness (QED) is 0.683. The lowest BCUT2D eigenvalue weighted by atomic mass is 9.45. The van der Waals surface area contributed by atoms with E-state index in [1.54, 1.807) is 0 Å². The molecule has 2 heteroatoms. The molecule has 122 valence electrons. The molecule has 0 radical (unpaired) electrons. The van der Waals surface area contributed by atoms with Crippen LogP contribution in [0.15, 0.2) is 11.6 Å². The smallest absolute Gasteiger partial charge is 0.139 e. The van der Waals surface area contributed by atoms with E-state index >= 15 is 0 Å². The molecule has 0 aromatic carbocycles. The Morgan fingerprint density at radius 1 is 1.23 bits per heavy atom. The average molecular weight is 302 g/mol. The molecule has 0 aliphatic heterocycles. The van der Waals surface area contributed by atoms with Gasteiger partial charge in [0.2, 0.25) is 0 Å². The van der Waals surface area contributed by atoms with Crippen LogP contribution in [0.2, 0.25) is 0 Å². The first-order valence-corrected chi connectivity index (χ1v) is 9.27. The van der Waals surface area contributed by atoms with Gasteiger partial charge in [0.25, 0.3) is 0 Å². The number of fused-ring (bicyclic) bond motifs is 5. The summed E-state index contributed by atoms with van der Waals surface area (Å²) in [4.78, 5) is 12.5. The zero-order valence-corrected chi connectivity index (χ0v) is 14.3. The third-order valence-electron chi connectivity index (χ3n) is 8.03. The molecule has 4 aliphatic carbocycles. The number of carbonyl (C=O) groups excluding carboxylic acids is 1. The minimum Gasteiger partial charge on any atom is -0.393 e. The lowest BCUT2D eigenvalue weighted by molar-refractivity contribution is -0.135. The predicted molar refractivity (Wildman–Crippen MR) is 87.3 cm³/mol. The lowest BCUT2D eigenvalue weighted by Crippen LogP contribution is -2.53. The number of Topliss-reactive ketones (excluding diaryl/α,β-unsaturated/α-hetero) is 1. The molecule has 2 nitrogen and oxygen atoms in total. The van der Waals surface area contributed by atoms with Crippen LogP contribution in [0, 0.1) is 34.5 Å². The number of carbonyl (C=O) groups is 1. The second kappa shape index (κ2) is 4.69. The topological polar surface area (TPSA) is 37.3 Å². The van der Waals surface area contributed by atoms with Crippen molar-refractivity contribution in [3.8, 4) is 0 Å². The van der Waals surface area contributed by atoms with Crippen molar-refractivity contribution < 1.29 is 9.90 Å². The molecule has 7 atom stereocenters. The highest BCUT2D eigenvalue weighted by Crippen LogP contribution is 2.65. The third kappa shape index (κ3) is 1.79. The van der Waals surface area contributed by atoms with Crippen molar-refractivity contribution in [3.05, 3.63) is 11.6 Å². The molecular weight excluding hydrogens is 272 g/mol. The maximum Gasteiger partial charge on any atom is 0.139 e. The monoisotopic (exact) mass is 302 g/mol. The van der Waals surface area contributed by atoms with Gasteiger partial charge in [-0.3, -0.25) is 4.79 Å². The SMILES string of the molecule is CC1C[C@]2(C)C(=O)CC[C@H]2[C@@H]2CC=C3CC(O)CC[C@]3(C)[C@H]12. The van der Waals surface area contributed by atoms with Crippen LogP contribution in [-0.4, -0.2) is 17.0 Å². The molecule has 0 aromatic rings. The van der Waals surface area contributed by atoms with Gasteiger partial charge in [-0.15, -0.1) is 0 Å². The predicted octanol–water partition coefficient (Wildman–Crippen LogP) is 4.13. The van der Waals surface area contributed by atoms with Crippen LogP contribution in [0.3, 0.4) is 0 Å². The maximum atomic E-state index is 12.5. The highest BCUT2D eigenvalue weighted by atomic mass is 16.3. The molecule has 0 amide bonds. The Hall–Kier alpha value is -0.630. The Kier molecular flexibility index (Phi) is 3.18. The van der Waals surface area contributed by atoms with E-state index in [2.05, 4.69) is 26.8 Å². The van der Waals surface area contributed by atoms with Crippen molar-refractivity contribution in [3.63, 3.8) is 0 Å². The first-order chi connectivity index (χ1) is 10.4. The Morgan fingerprint density at radius 3 is 2.77 bits per heavy atom. The molecule has 3 fully saturated rings. The van der Waals surface area contributed by atoms with Gasteiger partial charge in [0.05, 0.1) is 6.10 Å². The van der Waals surface area contributed by atoms with Gasteiger partial charge in [0, 0.05) is 11.8 Å². The number of aliphatic hydroxyl groups is 1. The second-order valence-electron chi connectivity index (χ2n) is 9.14. The van der Waals surface area contributed by atoms with Gasteiger partial charge in [-0.2, -0.15) is 0 Å². The highest BCUT2D eigenvalue weighted by molar-refractivity contribution is 5.87. The number of hydrogen-bond donors (Lipinski definition) is 1. The van der Waals surface area contributed by atoms with Gasteiger partial charge >= 0.3 is 0 Å². The fourth-order valence-corrected chi connectivity index (χ4v) is 7.12. The second-order valence-corrected chi connectivity index (χ2v) is 9.14. The number of rotatable bonds is 0. The van der Waals surface area contributed by atoms with E-state index in [0.29, 0.717) is 29.5 Å². The van der Waals surface area contributed by atoms with Crippen LogP contribution in [0.4, 0.5) is 0 Å². The Morgan fingerprint density at radius 2 is 2.00 bits per heavy atom. The maximum absolute atomic E-state index is 12.5. The summed E-state index contributed by atoms with van der Waals surface area (Å²) in [6.45, 7) is 7.10. The van der Waals surface area contributed by atoms with E-state index in [1.165, 1.54) is 5.57 Å². The van der Waals surface area contributed by atoms with E-state index in [4.69, 9.17) is 0 Å². The summed E-state index contributed by atoms with van der Waals surface area (Å²) < 4.78 is 0. The standard InChI is InChI=1S/C20H30O2/c1-12-11-20(3)16(6-7-17(20)22)15-5-4-13-10-14(21)8-9-19(13,2)18(12)15/h4,12,14-16,18,21H,5-11H2,1-3H3/t12?,14?,15-,16-,18+,19-,20-/m0/s1. The molecule has 0 spiro atoms. The van der Waals surface area contributed by atoms with Crippen LogP contribution >= 0.6 is 0 Å². The third-order valence-corrected chi connectivity index (χ3v) is 8.03. The molecule has 0 heterocycles. The Bertz CT molecular complexity index is 536. The molecule has 4 rings (SSSR count). The van der Waals surface area contributed by atoms with E-state index in [0.717, 1.165) is 44.9 Å². The minimum atomic E-state index is -0.131. The number of allylic oxidation sites excluding steroid dienone is 1. The summed E-state index contributed by atoms with van der Waals surface area (Å²) in [5.41, 5.74) is 1.75. The van der Waals surface area contributed by atoms with Crippen LogP contribution in [-0.2, 0) is 4.79 Å². The zero-order chi connectivity index (χ0) is 15.7. The molecule has 0 aromatic heterocycles. The first kappa shape index (κ1) is 14.9. The van der Waals surface area contributed by atoms with E-state index < -0.39 is 0 Å². The molecule has 22 heavy (non-hydrogen) atoms. The summed E-state index contributed by atoms with van der Waals surface area (Å²) in [5.74, 6) is 3.15. The molecule has 4 aliphatic rings. The van der Waals surface area contributed by atoms with Gasteiger partial charge < -0.3 is 5.11 Å². The van der Waals surface area contributed by atoms with Crippen molar-refractivity contribution >= 4 is 5.78 Å². The first-order valence-electron chi connectivity index (χ1n) is 9.27. The minimum absolute atomic E-state index is 0.0452. The molecule has 3 saturated carbocycles. The van der Waals surface area contributed by atoms with E-state index in [9.17, 15) is 9.90 Å². The summed E-state index contributed by atoms with van der Waals surface area (Å²) in [7, 11) is 0. The number of ketones is 1. The van der Waals surface area contributed by atoms with Gasteiger partial charge in [-0.1, -0.05) is 32.4 Å². The van der Waals surface area contributed by atoms with Crippen molar-refractivity contribution in [1.29, 1.82) is 0 Å². The molecular formula is C20H30O2. The van der Waals surface area contributed by atoms with Crippen molar-refractivity contribution in [1.82, 2.24) is 0 Å². The fourth-order valence-electron chi connectivity index (χ4n) is 7.12. The molecule has 1 N–H and O–H groups in total. The van der Waals surface area contributed by atoms with Crippen LogP contribution in [0.5, 0.6) is 0 Å². The van der Waals surface area contributed by atoms with Crippen molar-refractivity contribution in [2.24, 2.45) is 34.5 Å². The van der Waals surface area contributed by atoms with E-state index in [-0.39, 0.29) is 16.9 Å². The lowest BCUT2D eigenvalue weighted by Gasteiger charge is -2.59. The fraction of sp³-hybridized carbons (Fsp3) is 0.850. The highest BCUT2D eigenvalue weighted by Gasteiger charge is 2.60. The molecule has 0 bridgehead atoms.